The van der Waals surface area contributed by atoms with Gasteiger partial charge in [-0.05, 0) is 54.1 Å². The molecule has 9 heteroatoms. The van der Waals surface area contributed by atoms with E-state index in [1.54, 1.807) is 45.6 Å². The Morgan fingerprint density at radius 2 is 1.61 bits per heavy atom. The maximum absolute atomic E-state index is 13.6. The predicted molar refractivity (Wildman–Crippen MR) is 127 cm³/mol. The summed E-state index contributed by atoms with van der Waals surface area (Å²) in [5.74, 6) is 2.33. The first kappa shape index (κ1) is 22.9. The molecule has 0 atom stereocenters. The highest BCUT2D eigenvalue weighted by atomic mass is 35.5. The molecule has 0 saturated carbocycles. The van der Waals surface area contributed by atoms with Crippen molar-refractivity contribution in [1.82, 2.24) is 14.8 Å². The van der Waals surface area contributed by atoms with Gasteiger partial charge in [0.1, 0.15) is 5.82 Å². The molecule has 1 heterocycles. The van der Waals surface area contributed by atoms with Gasteiger partial charge >= 0.3 is 0 Å². The van der Waals surface area contributed by atoms with Crippen molar-refractivity contribution in [2.45, 2.75) is 10.9 Å². The number of hydrogen-bond acceptors (Lipinski definition) is 6. The molecule has 1 aromatic heterocycles. The number of benzene rings is 3. The van der Waals surface area contributed by atoms with Crippen molar-refractivity contribution in [1.29, 1.82) is 0 Å². The fourth-order valence-electron chi connectivity index (χ4n) is 3.36. The molecule has 170 valence electrons. The Hall–Kier alpha value is -3.23. The Morgan fingerprint density at radius 3 is 2.21 bits per heavy atom. The van der Waals surface area contributed by atoms with Gasteiger partial charge in [-0.2, -0.15) is 0 Å². The SMILES string of the molecule is COc1cc(-c2nnc(SCc3cccc(Cl)c3)n2-c2ccc(F)cc2)cc(OC)c1OC. The normalized spacial score (nSPS) is 10.8. The summed E-state index contributed by atoms with van der Waals surface area (Å²) in [6.07, 6.45) is 0. The van der Waals surface area contributed by atoms with Crippen molar-refractivity contribution in [2.75, 3.05) is 21.3 Å². The van der Waals surface area contributed by atoms with Gasteiger partial charge in [-0.1, -0.05) is 35.5 Å². The van der Waals surface area contributed by atoms with Crippen LogP contribution in [-0.4, -0.2) is 36.1 Å². The predicted octanol–water partition coefficient (Wildman–Crippen LogP) is 6.04. The number of rotatable bonds is 8. The lowest BCUT2D eigenvalue weighted by molar-refractivity contribution is 0.324. The second-order valence-electron chi connectivity index (χ2n) is 6.95. The fraction of sp³-hybridized carbons (Fsp3) is 0.167. The molecule has 0 amide bonds. The fourth-order valence-corrected chi connectivity index (χ4v) is 4.47. The molecule has 0 bridgehead atoms. The zero-order chi connectivity index (χ0) is 23.4. The Morgan fingerprint density at radius 1 is 0.909 bits per heavy atom. The first-order valence-corrected chi connectivity index (χ1v) is 11.3. The number of halogens is 2. The molecule has 0 spiro atoms. The average molecular weight is 486 g/mol. The van der Waals surface area contributed by atoms with Gasteiger partial charge in [0.15, 0.2) is 22.5 Å². The summed E-state index contributed by atoms with van der Waals surface area (Å²) >= 11 is 7.62. The van der Waals surface area contributed by atoms with Crippen LogP contribution in [0.4, 0.5) is 4.39 Å². The molecule has 0 radical (unpaired) electrons. The van der Waals surface area contributed by atoms with Crippen LogP contribution in [-0.2, 0) is 5.75 Å². The first-order chi connectivity index (χ1) is 16.0. The van der Waals surface area contributed by atoms with Crippen LogP contribution >= 0.6 is 23.4 Å². The second kappa shape index (κ2) is 10.1. The van der Waals surface area contributed by atoms with E-state index in [2.05, 4.69) is 10.2 Å². The van der Waals surface area contributed by atoms with E-state index < -0.39 is 0 Å². The highest BCUT2D eigenvalue weighted by Gasteiger charge is 2.21. The van der Waals surface area contributed by atoms with E-state index in [1.807, 2.05) is 28.8 Å². The first-order valence-electron chi connectivity index (χ1n) is 9.93. The van der Waals surface area contributed by atoms with Gasteiger partial charge in [-0.3, -0.25) is 4.57 Å². The minimum Gasteiger partial charge on any atom is -0.493 e. The van der Waals surface area contributed by atoms with Crippen molar-refractivity contribution < 1.29 is 18.6 Å². The Kier molecular flexibility index (Phi) is 7.05. The molecule has 0 saturated heterocycles. The highest BCUT2D eigenvalue weighted by molar-refractivity contribution is 7.98. The number of nitrogens with zero attached hydrogens (tertiary/aromatic N) is 3. The van der Waals surface area contributed by atoms with Gasteiger partial charge in [0.25, 0.3) is 0 Å². The van der Waals surface area contributed by atoms with E-state index in [1.165, 1.54) is 23.9 Å². The van der Waals surface area contributed by atoms with Crippen LogP contribution in [0.3, 0.4) is 0 Å². The molecule has 0 fully saturated rings. The molecular formula is C24H21ClFN3O3S. The third-order valence-corrected chi connectivity index (χ3v) is 6.13. The van der Waals surface area contributed by atoms with Crippen molar-refractivity contribution in [2.24, 2.45) is 0 Å². The van der Waals surface area contributed by atoms with Gasteiger partial charge in [0.2, 0.25) is 5.75 Å². The summed E-state index contributed by atoms with van der Waals surface area (Å²) in [6, 6.07) is 17.4. The number of hydrogen-bond donors (Lipinski definition) is 0. The van der Waals surface area contributed by atoms with Crippen LogP contribution in [0.1, 0.15) is 5.56 Å². The third kappa shape index (κ3) is 4.91. The second-order valence-corrected chi connectivity index (χ2v) is 8.33. The number of thioether (sulfide) groups is 1. The van der Waals surface area contributed by atoms with E-state index in [4.69, 9.17) is 25.8 Å². The monoisotopic (exact) mass is 485 g/mol. The Labute approximate surface area is 200 Å². The average Bonchev–Trinajstić information content (AvgIpc) is 3.26. The maximum Gasteiger partial charge on any atom is 0.203 e. The largest absolute Gasteiger partial charge is 0.493 e. The highest BCUT2D eigenvalue weighted by Crippen LogP contribution is 2.42. The zero-order valence-corrected chi connectivity index (χ0v) is 19.8. The quantitative estimate of drug-likeness (QED) is 0.283. The molecule has 6 nitrogen and oxygen atoms in total. The third-order valence-electron chi connectivity index (χ3n) is 4.90. The van der Waals surface area contributed by atoms with E-state index >= 15 is 0 Å². The molecule has 0 N–H and O–H groups in total. The molecule has 0 unspecified atom stereocenters. The minimum atomic E-state index is -0.325. The van der Waals surface area contributed by atoms with E-state index in [-0.39, 0.29) is 5.82 Å². The zero-order valence-electron chi connectivity index (χ0n) is 18.2. The van der Waals surface area contributed by atoms with Gasteiger partial charge < -0.3 is 14.2 Å². The molecule has 0 aliphatic heterocycles. The van der Waals surface area contributed by atoms with Gasteiger partial charge in [0.05, 0.1) is 21.3 Å². The van der Waals surface area contributed by atoms with E-state index in [9.17, 15) is 4.39 Å². The molecule has 3 aromatic carbocycles. The molecule has 33 heavy (non-hydrogen) atoms. The summed E-state index contributed by atoms with van der Waals surface area (Å²) in [6.45, 7) is 0. The van der Waals surface area contributed by atoms with Crippen molar-refractivity contribution in [3.63, 3.8) is 0 Å². The molecular weight excluding hydrogens is 465 g/mol. The summed E-state index contributed by atoms with van der Waals surface area (Å²) in [5.41, 5.74) is 2.48. The van der Waals surface area contributed by atoms with Crippen LogP contribution in [0.25, 0.3) is 17.1 Å². The minimum absolute atomic E-state index is 0.325. The molecule has 4 aromatic rings. The van der Waals surface area contributed by atoms with Gasteiger partial charge in [-0.25, -0.2) is 4.39 Å². The lowest BCUT2D eigenvalue weighted by atomic mass is 10.1. The summed E-state index contributed by atoms with van der Waals surface area (Å²) < 4.78 is 31.9. The van der Waals surface area contributed by atoms with Crippen LogP contribution in [0, 0.1) is 5.82 Å². The lowest BCUT2D eigenvalue weighted by Crippen LogP contribution is -2.01. The number of aromatic nitrogens is 3. The molecule has 4 rings (SSSR count). The van der Waals surface area contributed by atoms with E-state index in [0.717, 1.165) is 11.3 Å². The smallest absolute Gasteiger partial charge is 0.203 e. The van der Waals surface area contributed by atoms with Crippen LogP contribution in [0.15, 0.2) is 65.8 Å². The standard InChI is InChI=1S/C24H21ClFN3O3S/c1-30-20-12-16(13-21(31-2)22(20)32-3)23-27-28-24(29(23)19-9-7-18(26)8-10-19)33-14-15-5-4-6-17(25)11-15/h4-13H,14H2,1-3H3. The Bertz CT molecular complexity index is 1240. The summed E-state index contributed by atoms with van der Waals surface area (Å²) in [4.78, 5) is 0. The summed E-state index contributed by atoms with van der Waals surface area (Å²) in [5, 5.41) is 10.2. The Balaban J connectivity index is 1.81. The van der Waals surface area contributed by atoms with Gasteiger partial charge in [0, 0.05) is 22.0 Å². The number of ether oxygens (including phenoxy) is 3. The van der Waals surface area contributed by atoms with Crippen LogP contribution in [0.2, 0.25) is 5.02 Å². The molecule has 0 aliphatic rings. The molecule has 0 aliphatic carbocycles. The van der Waals surface area contributed by atoms with Crippen molar-refractivity contribution in [3.8, 4) is 34.3 Å². The van der Waals surface area contributed by atoms with E-state index in [0.29, 0.717) is 44.6 Å². The lowest BCUT2D eigenvalue weighted by Gasteiger charge is -2.15. The van der Waals surface area contributed by atoms with Crippen LogP contribution in [0.5, 0.6) is 17.2 Å². The van der Waals surface area contributed by atoms with Crippen molar-refractivity contribution in [3.05, 3.63) is 77.1 Å². The number of methoxy groups -OCH3 is 3. The van der Waals surface area contributed by atoms with Gasteiger partial charge in [-0.15, -0.1) is 10.2 Å². The maximum atomic E-state index is 13.6. The topological polar surface area (TPSA) is 58.4 Å². The van der Waals surface area contributed by atoms with Crippen LogP contribution < -0.4 is 14.2 Å². The van der Waals surface area contributed by atoms with Crippen molar-refractivity contribution >= 4 is 23.4 Å². The summed E-state index contributed by atoms with van der Waals surface area (Å²) in [7, 11) is 4.65.